The lowest BCUT2D eigenvalue weighted by molar-refractivity contribution is -0.189. The van der Waals surface area contributed by atoms with Crippen molar-refractivity contribution in [1.29, 1.82) is 0 Å². The molecule has 0 aliphatic rings. The number of rotatable bonds is 9. The summed E-state index contributed by atoms with van der Waals surface area (Å²) in [7, 11) is 1.95. The maximum absolute atomic E-state index is 14.9. The van der Waals surface area contributed by atoms with Crippen LogP contribution in [0.15, 0.2) is 60.7 Å². The van der Waals surface area contributed by atoms with Crippen LogP contribution >= 0.6 is 9.24 Å². The molecular weight excluding hydrogens is 559 g/mol. The van der Waals surface area contributed by atoms with Crippen LogP contribution in [0.2, 0.25) is 0 Å². The molecule has 40 heavy (non-hydrogen) atoms. The zero-order valence-corrected chi connectivity index (χ0v) is 22.3. The summed E-state index contributed by atoms with van der Waals surface area (Å²) in [5, 5.41) is -0.182. The van der Waals surface area contributed by atoms with Crippen LogP contribution in [0.3, 0.4) is 0 Å². The van der Waals surface area contributed by atoms with Crippen LogP contribution in [0.25, 0.3) is 22.3 Å². The van der Waals surface area contributed by atoms with Crippen LogP contribution < -0.4 is 10.0 Å². The molecule has 1 atom stereocenters. The molecule has 0 bridgehead atoms. The second-order valence-electron chi connectivity index (χ2n) is 9.21. The standard InChI is InChI=1S/C30H23F8OP/c1-2-3-4-5-16-6-8-20(22(31)10-16)17-11-24(33)28(25(34)12-17)30(37,38)39-19-7-9-21(23(32)15-19)18-13-26(35)29(36)27(40)14-18/h6-15H,2-5,40H2,1H3. The van der Waals surface area contributed by atoms with E-state index in [1.807, 2.05) is 16.2 Å². The number of halogens is 8. The van der Waals surface area contributed by atoms with Gasteiger partial charge in [0, 0.05) is 22.5 Å². The van der Waals surface area contributed by atoms with Crippen molar-refractivity contribution >= 4 is 14.5 Å². The van der Waals surface area contributed by atoms with Gasteiger partial charge in [0.2, 0.25) is 0 Å². The number of hydrogen-bond donors (Lipinski definition) is 0. The normalized spacial score (nSPS) is 11.7. The van der Waals surface area contributed by atoms with E-state index in [0.29, 0.717) is 30.2 Å². The van der Waals surface area contributed by atoms with Gasteiger partial charge >= 0.3 is 6.11 Å². The molecule has 4 aromatic rings. The highest BCUT2D eigenvalue weighted by atomic mass is 31.0. The molecule has 0 aliphatic carbocycles. The van der Waals surface area contributed by atoms with E-state index in [0.717, 1.165) is 43.5 Å². The van der Waals surface area contributed by atoms with E-state index in [9.17, 15) is 35.1 Å². The summed E-state index contributed by atoms with van der Waals surface area (Å²) in [5.74, 6) is -8.46. The Morgan fingerprint density at radius 2 is 1.25 bits per heavy atom. The molecule has 210 valence electrons. The first-order valence-electron chi connectivity index (χ1n) is 12.3. The minimum Gasteiger partial charge on any atom is -0.429 e. The van der Waals surface area contributed by atoms with Crippen molar-refractivity contribution in [3.8, 4) is 28.0 Å². The van der Waals surface area contributed by atoms with E-state index in [1.54, 1.807) is 6.07 Å². The van der Waals surface area contributed by atoms with Crippen molar-refractivity contribution in [3.05, 3.63) is 107 Å². The average Bonchev–Trinajstić information content (AvgIpc) is 2.86. The van der Waals surface area contributed by atoms with Gasteiger partial charge in [-0.2, -0.15) is 8.78 Å². The average molecular weight is 582 g/mol. The summed E-state index contributed by atoms with van der Waals surface area (Å²) in [6.45, 7) is 2.03. The van der Waals surface area contributed by atoms with Gasteiger partial charge < -0.3 is 4.74 Å². The largest absolute Gasteiger partial charge is 0.432 e. The predicted octanol–water partition coefficient (Wildman–Crippen LogP) is 9.22. The van der Waals surface area contributed by atoms with E-state index in [-0.39, 0.29) is 27.6 Å². The van der Waals surface area contributed by atoms with Gasteiger partial charge in [-0.05, 0) is 72.0 Å². The van der Waals surface area contributed by atoms with Gasteiger partial charge in [0.25, 0.3) is 0 Å². The molecule has 0 heterocycles. The van der Waals surface area contributed by atoms with Gasteiger partial charge in [-0.25, -0.2) is 26.3 Å². The number of alkyl halides is 2. The highest BCUT2D eigenvalue weighted by Crippen LogP contribution is 2.38. The zero-order chi connectivity index (χ0) is 29.2. The van der Waals surface area contributed by atoms with E-state index < -0.39 is 52.3 Å². The Kier molecular flexibility index (Phi) is 8.83. The third-order valence-corrected chi connectivity index (χ3v) is 6.72. The molecule has 0 spiro atoms. The highest BCUT2D eigenvalue weighted by Gasteiger charge is 2.41. The van der Waals surface area contributed by atoms with Crippen molar-refractivity contribution < 1.29 is 39.9 Å². The summed E-state index contributed by atoms with van der Waals surface area (Å²) in [6, 6.07) is 9.55. The van der Waals surface area contributed by atoms with Crippen LogP contribution in [-0.4, -0.2) is 0 Å². The number of ether oxygens (including phenoxy) is 1. The fourth-order valence-corrected chi connectivity index (χ4v) is 4.61. The molecule has 0 radical (unpaired) electrons. The summed E-state index contributed by atoms with van der Waals surface area (Å²) in [5.41, 5.74) is -1.83. The summed E-state index contributed by atoms with van der Waals surface area (Å²) in [6.07, 6.45) is -1.18. The highest BCUT2D eigenvalue weighted by molar-refractivity contribution is 7.27. The maximum atomic E-state index is 14.9. The van der Waals surface area contributed by atoms with Crippen LogP contribution in [0, 0.1) is 34.9 Å². The van der Waals surface area contributed by atoms with E-state index in [1.165, 1.54) is 12.1 Å². The number of hydrogen-bond acceptors (Lipinski definition) is 1. The molecule has 0 saturated heterocycles. The molecule has 1 unspecified atom stereocenters. The third kappa shape index (κ3) is 6.30. The smallest absolute Gasteiger partial charge is 0.429 e. The van der Waals surface area contributed by atoms with Gasteiger partial charge in [0.05, 0.1) is 0 Å². The van der Waals surface area contributed by atoms with E-state index in [4.69, 9.17) is 0 Å². The lowest BCUT2D eigenvalue weighted by Gasteiger charge is -2.20. The molecule has 0 N–H and O–H groups in total. The first-order chi connectivity index (χ1) is 18.9. The Morgan fingerprint density at radius 3 is 1.82 bits per heavy atom. The fraction of sp³-hybridized carbons (Fsp3) is 0.200. The minimum atomic E-state index is -4.59. The molecule has 10 heteroatoms. The molecule has 4 aromatic carbocycles. The molecule has 4 rings (SSSR count). The second kappa shape index (κ2) is 12.0. The monoisotopic (exact) mass is 582 g/mol. The van der Waals surface area contributed by atoms with Crippen LogP contribution in [0.4, 0.5) is 35.1 Å². The molecule has 0 aromatic heterocycles. The second-order valence-corrected chi connectivity index (χ2v) is 9.83. The summed E-state index contributed by atoms with van der Waals surface area (Å²) < 4.78 is 121. The Hall–Kier alpha value is -3.45. The third-order valence-electron chi connectivity index (χ3n) is 6.30. The van der Waals surface area contributed by atoms with Crippen LogP contribution in [0.5, 0.6) is 5.75 Å². The summed E-state index contributed by atoms with van der Waals surface area (Å²) in [4.78, 5) is 0. The van der Waals surface area contributed by atoms with Gasteiger partial charge in [-0.1, -0.05) is 31.9 Å². The van der Waals surface area contributed by atoms with Crippen LogP contribution in [-0.2, 0) is 12.5 Å². The predicted molar refractivity (Wildman–Crippen MR) is 141 cm³/mol. The van der Waals surface area contributed by atoms with Gasteiger partial charge in [-0.3, -0.25) is 0 Å². The SMILES string of the molecule is CCCCCc1ccc(-c2cc(F)c(C(F)(F)Oc3ccc(-c4cc(F)c(F)c(P)c4)c(F)c3)c(F)c2)c(F)c1. The minimum absolute atomic E-state index is 0.0754. The van der Waals surface area contributed by atoms with Crippen LogP contribution in [0.1, 0.15) is 37.3 Å². The number of benzene rings is 4. The molecule has 0 saturated carbocycles. The van der Waals surface area contributed by atoms with Crippen molar-refractivity contribution in [1.82, 2.24) is 0 Å². The zero-order valence-electron chi connectivity index (χ0n) is 21.1. The van der Waals surface area contributed by atoms with E-state index >= 15 is 0 Å². The van der Waals surface area contributed by atoms with Gasteiger partial charge in [-0.15, -0.1) is 9.24 Å². The molecule has 0 aliphatic heterocycles. The Labute approximate surface area is 228 Å². The van der Waals surface area contributed by atoms with Crippen molar-refractivity contribution in [2.75, 3.05) is 0 Å². The van der Waals surface area contributed by atoms with Gasteiger partial charge in [0.1, 0.15) is 34.6 Å². The Balaban J connectivity index is 1.59. The molecule has 0 fully saturated rings. The molecular formula is C30H23F8OP. The first-order valence-corrected chi connectivity index (χ1v) is 12.9. The van der Waals surface area contributed by atoms with Crippen molar-refractivity contribution in [3.63, 3.8) is 0 Å². The fourth-order valence-electron chi connectivity index (χ4n) is 4.29. The number of unbranched alkanes of at least 4 members (excludes halogenated alkanes) is 2. The van der Waals surface area contributed by atoms with Gasteiger partial charge in [0.15, 0.2) is 11.6 Å². The van der Waals surface area contributed by atoms with E-state index in [2.05, 4.69) is 4.74 Å². The molecule has 0 amide bonds. The topological polar surface area (TPSA) is 9.23 Å². The maximum Gasteiger partial charge on any atom is 0.432 e. The Bertz CT molecular complexity index is 1510. The lowest BCUT2D eigenvalue weighted by Crippen LogP contribution is -2.25. The summed E-state index contributed by atoms with van der Waals surface area (Å²) >= 11 is 0. The molecule has 1 nitrogen and oxygen atoms in total. The Morgan fingerprint density at radius 1 is 0.675 bits per heavy atom. The van der Waals surface area contributed by atoms with Crippen molar-refractivity contribution in [2.24, 2.45) is 0 Å². The lowest BCUT2D eigenvalue weighted by atomic mass is 9.99. The first kappa shape index (κ1) is 29.5. The quantitative estimate of drug-likeness (QED) is 0.109. The van der Waals surface area contributed by atoms with Crippen molar-refractivity contribution in [2.45, 2.75) is 38.7 Å². The number of aryl methyl sites for hydroxylation is 1.